The zero-order chi connectivity index (χ0) is 15.3. The molecule has 0 heterocycles. The highest BCUT2D eigenvalue weighted by atomic mass is 127. The van der Waals surface area contributed by atoms with Crippen molar-refractivity contribution in [1.82, 2.24) is 0 Å². The molecular formula is C15H20INO3. The van der Waals surface area contributed by atoms with Gasteiger partial charge in [-0.25, -0.2) is 0 Å². The highest BCUT2D eigenvalue weighted by molar-refractivity contribution is 14.1. The smallest absolute Gasteiger partial charge is 0.307 e. The van der Waals surface area contributed by atoms with Crippen LogP contribution >= 0.6 is 22.6 Å². The minimum absolute atomic E-state index is 0.0125. The van der Waals surface area contributed by atoms with Gasteiger partial charge in [-0.05, 0) is 67.5 Å². The van der Waals surface area contributed by atoms with Crippen LogP contribution in [0.15, 0.2) is 24.3 Å². The number of benzene rings is 1. The molecule has 0 saturated heterocycles. The van der Waals surface area contributed by atoms with Crippen LogP contribution in [0, 0.1) is 9.49 Å². The van der Waals surface area contributed by atoms with E-state index in [1.54, 1.807) is 20.8 Å². The Hall–Kier alpha value is -1.11. The fourth-order valence-electron chi connectivity index (χ4n) is 1.76. The van der Waals surface area contributed by atoms with E-state index in [1.807, 2.05) is 24.3 Å². The lowest BCUT2D eigenvalue weighted by molar-refractivity contribution is -0.157. The third-order valence-electron chi connectivity index (χ3n) is 2.63. The number of esters is 1. The normalized spacial score (nSPS) is 12.8. The fraction of sp³-hybridized carbons (Fsp3) is 0.467. The quantitative estimate of drug-likeness (QED) is 0.622. The van der Waals surface area contributed by atoms with Crippen molar-refractivity contribution in [2.45, 2.75) is 39.2 Å². The van der Waals surface area contributed by atoms with Crippen LogP contribution < -0.4 is 5.73 Å². The highest BCUT2D eigenvalue weighted by Gasteiger charge is 2.24. The Bertz CT molecular complexity index is 477. The summed E-state index contributed by atoms with van der Waals surface area (Å²) in [7, 11) is 0. The molecule has 0 spiro atoms. The Morgan fingerprint density at radius 2 is 1.80 bits per heavy atom. The van der Waals surface area contributed by atoms with Gasteiger partial charge >= 0.3 is 5.97 Å². The second-order valence-electron chi connectivity index (χ2n) is 5.72. The van der Waals surface area contributed by atoms with Crippen LogP contribution in [0.3, 0.4) is 0 Å². The number of hydrogen-bond donors (Lipinski definition) is 1. The van der Waals surface area contributed by atoms with E-state index in [1.165, 1.54) is 0 Å². The fourth-order valence-corrected chi connectivity index (χ4v) is 2.12. The lowest BCUT2D eigenvalue weighted by Crippen LogP contribution is -2.31. The maximum Gasteiger partial charge on any atom is 0.307 e. The van der Waals surface area contributed by atoms with E-state index < -0.39 is 23.4 Å². The van der Waals surface area contributed by atoms with E-state index in [2.05, 4.69) is 22.6 Å². The van der Waals surface area contributed by atoms with Crippen LogP contribution in [0.2, 0.25) is 0 Å². The number of nitrogens with two attached hydrogens (primary N) is 1. The average molecular weight is 389 g/mol. The number of amides is 1. The molecule has 20 heavy (non-hydrogen) atoms. The lowest BCUT2D eigenvalue weighted by atomic mass is 9.95. The van der Waals surface area contributed by atoms with E-state index in [0.29, 0.717) is 6.42 Å². The Labute approximate surface area is 133 Å². The monoisotopic (exact) mass is 389 g/mol. The van der Waals surface area contributed by atoms with E-state index in [0.717, 1.165) is 9.13 Å². The van der Waals surface area contributed by atoms with E-state index >= 15 is 0 Å². The van der Waals surface area contributed by atoms with Crippen LogP contribution in [0.25, 0.3) is 0 Å². The predicted octanol–water partition coefficient (Wildman–Crippen LogP) is 2.67. The Balaban J connectivity index is 2.68. The average Bonchev–Trinajstić information content (AvgIpc) is 2.28. The summed E-state index contributed by atoms with van der Waals surface area (Å²) in [6.07, 6.45) is 0.462. The van der Waals surface area contributed by atoms with Gasteiger partial charge in [-0.1, -0.05) is 12.1 Å². The summed E-state index contributed by atoms with van der Waals surface area (Å²) in [5, 5.41) is 0. The molecule has 0 aliphatic heterocycles. The maximum absolute atomic E-state index is 11.8. The molecule has 0 fully saturated rings. The molecule has 2 N–H and O–H groups in total. The topological polar surface area (TPSA) is 69.4 Å². The summed E-state index contributed by atoms with van der Waals surface area (Å²) in [4.78, 5) is 23.3. The first-order valence-electron chi connectivity index (χ1n) is 6.43. The molecule has 0 aromatic heterocycles. The number of ether oxygens (including phenoxy) is 1. The van der Waals surface area contributed by atoms with Crippen LogP contribution in [0.5, 0.6) is 0 Å². The van der Waals surface area contributed by atoms with Gasteiger partial charge in [-0.2, -0.15) is 0 Å². The second kappa shape index (κ2) is 7.06. The molecule has 4 nitrogen and oxygen atoms in total. The van der Waals surface area contributed by atoms with Gasteiger partial charge in [0.15, 0.2) is 0 Å². The SMILES string of the molecule is CC(C)(C)OC(=O)C[C@@H](Cc1ccc(I)cc1)C(N)=O. The van der Waals surface area contributed by atoms with Crippen LogP contribution in [-0.2, 0) is 20.7 Å². The van der Waals surface area contributed by atoms with Crippen LogP contribution in [0.4, 0.5) is 0 Å². The maximum atomic E-state index is 11.8. The van der Waals surface area contributed by atoms with Crippen molar-refractivity contribution in [1.29, 1.82) is 0 Å². The molecule has 110 valence electrons. The summed E-state index contributed by atoms with van der Waals surface area (Å²) < 4.78 is 6.35. The van der Waals surface area contributed by atoms with Crippen LogP contribution in [-0.4, -0.2) is 17.5 Å². The third kappa shape index (κ3) is 6.36. The largest absolute Gasteiger partial charge is 0.460 e. The molecule has 1 aromatic rings. The molecule has 1 rings (SSSR count). The lowest BCUT2D eigenvalue weighted by Gasteiger charge is -2.21. The number of hydrogen-bond acceptors (Lipinski definition) is 3. The van der Waals surface area contributed by atoms with Crippen LogP contribution in [0.1, 0.15) is 32.8 Å². The molecule has 5 heteroatoms. The molecule has 0 aliphatic rings. The Kier molecular flexibility index (Phi) is 5.98. The van der Waals surface area contributed by atoms with Gasteiger partial charge in [0.1, 0.15) is 5.60 Å². The number of carbonyl (C=O) groups is 2. The summed E-state index contributed by atoms with van der Waals surface area (Å²) >= 11 is 2.21. The Morgan fingerprint density at radius 1 is 1.25 bits per heavy atom. The molecule has 1 aromatic carbocycles. The summed E-state index contributed by atoms with van der Waals surface area (Å²) in [5.74, 6) is -1.41. The molecule has 0 unspecified atom stereocenters. The minimum Gasteiger partial charge on any atom is -0.460 e. The number of primary amides is 1. The van der Waals surface area contributed by atoms with Crippen molar-refractivity contribution in [2.24, 2.45) is 11.7 Å². The number of halogens is 1. The van der Waals surface area contributed by atoms with Crippen molar-refractivity contribution >= 4 is 34.5 Å². The van der Waals surface area contributed by atoms with Gasteiger partial charge in [0.25, 0.3) is 0 Å². The Morgan fingerprint density at radius 3 is 2.25 bits per heavy atom. The molecular weight excluding hydrogens is 369 g/mol. The van der Waals surface area contributed by atoms with Gasteiger partial charge in [0, 0.05) is 3.57 Å². The number of carbonyl (C=O) groups excluding carboxylic acids is 2. The van der Waals surface area contributed by atoms with Gasteiger partial charge in [-0.3, -0.25) is 9.59 Å². The summed E-state index contributed by atoms with van der Waals surface area (Å²) in [6, 6.07) is 7.79. The molecule has 0 bridgehead atoms. The third-order valence-corrected chi connectivity index (χ3v) is 3.35. The van der Waals surface area contributed by atoms with E-state index in [9.17, 15) is 9.59 Å². The summed E-state index contributed by atoms with van der Waals surface area (Å²) in [5.41, 5.74) is 5.81. The second-order valence-corrected chi connectivity index (χ2v) is 6.97. The van der Waals surface area contributed by atoms with Crippen molar-refractivity contribution in [2.75, 3.05) is 0 Å². The molecule has 1 atom stereocenters. The van der Waals surface area contributed by atoms with Gasteiger partial charge in [0.05, 0.1) is 12.3 Å². The standard InChI is InChI=1S/C15H20INO3/c1-15(2,3)20-13(18)9-11(14(17)19)8-10-4-6-12(16)7-5-10/h4-7,11H,8-9H2,1-3H3,(H2,17,19)/t11-/m1/s1. The zero-order valence-corrected chi connectivity index (χ0v) is 14.1. The molecule has 0 radical (unpaired) electrons. The van der Waals surface area contributed by atoms with Gasteiger partial charge in [-0.15, -0.1) is 0 Å². The minimum atomic E-state index is -0.553. The molecule has 0 saturated carbocycles. The van der Waals surface area contributed by atoms with Crippen molar-refractivity contribution in [3.8, 4) is 0 Å². The first-order chi connectivity index (χ1) is 9.17. The predicted molar refractivity (Wildman–Crippen MR) is 86.0 cm³/mol. The van der Waals surface area contributed by atoms with E-state index in [4.69, 9.17) is 10.5 Å². The zero-order valence-electron chi connectivity index (χ0n) is 12.0. The van der Waals surface area contributed by atoms with Crippen molar-refractivity contribution < 1.29 is 14.3 Å². The van der Waals surface area contributed by atoms with E-state index in [-0.39, 0.29) is 6.42 Å². The molecule has 0 aliphatic carbocycles. The first-order valence-corrected chi connectivity index (χ1v) is 7.51. The summed E-state index contributed by atoms with van der Waals surface area (Å²) in [6.45, 7) is 5.38. The highest BCUT2D eigenvalue weighted by Crippen LogP contribution is 2.17. The number of rotatable bonds is 5. The molecule has 1 amide bonds. The van der Waals surface area contributed by atoms with Crippen molar-refractivity contribution in [3.05, 3.63) is 33.4 Å². The van der Waals surface area contributed by atoms with Gasteiger partial charge in [0.2, 0.25) is 5.91 Å². The first kappa shape index (κ1) is 16.9. The van der Waals surface area contributed by atoms with Crippen molar-refractivity contribution in [3.63, 3.8) is 0 Å². The van der Waals surface area contributed by atoms with Gasteiger partial charge < -0.3 is 10.5 Å².